The summed E-state index contributed by atoms with van der Waals surface area (Å²) in [4.78, 5) is 19.8. The number of fused-ring (bicyclic) bond motifs is 1. The average Bonchev–Trinajstić information content (AvgIpc) is 3.26. The molecule has 4 rings (SSSR count). The zero-order valence-corrected chi connectivity index (χ0v) is 22.8. The van der Waals surface area contributed by atoms with Crippen LogP contribution in [0.3, 0.4) is 0 Å². The van der Waals surface area contributed by atoms with Crippen LogP contribution >= 0.6 is 0 Å². The molecule has 0 spiro atoms. The summed E-state index contributed by atoms with van der Waals surface area (Å²) >= 11 is 0. The molecule has 1 aliphatic rings. The van der Waals surface area contributed by atoms with Crippen molar-refractivity contribution in [3.63, 3.8) is 0 Å². The highest BCUT2D eigenvalue weighted by molar-refractivity contribution is 6.01. The Labute approximate surface area is 219 Å². The van der Waals surface area contributed by atoms with Gasteiger partial charge in [-0.3, -0.25) is 4.90 Å². The van der Waals surface area contributed by atoms with E-state index < -0.39 is 5.97 Å². The van der Waals surface area contributed by atoms with Crippen LogP contribution in [-0.4, -0.2) is 65.2 Å². The van der Waals surface area contributed by atoms with Gasteiger partial charge in [0.2, 0.25) is 5.88 Å². The summed E-state index contributed by atoms with van der Waals surface area (Å²) in [5.41, 5.74) is 4.03. The number of methoxy groups -OCH3 is 1. The van der Waals surface area contributed by atoms with Gasteiger partial charge in [-0.25, -0.2) is 14.5 Å². The van der Waals surface area contributed by atoms with Crippen molar-refractivity contribution >= 4 is 17.0 Å². The zero-order chi connectivity index (χ0) is 26.4. The lowest BCUT2D eigenvalue weighted by molar-refractivity contribution is 0.0342. The summed E-state index contributed by atoms with van der Waals surface area (Å²) in [6, 6.07) is 10.5. The Morgan fingerprint density at radius 3 is 2.35 bits per heavy atom. The van der Waals surface area contributed by atoms with Crippen LogP contribution in [0.1, 0.15) is 75.5 Å². The quantitative estimate of drug-likeness (QED) is 0.310. The third-order valence-electron chi connectivity index (χ3n) is 6.74. The van der Waals surface area contributed by atoms with Crippen LogP contribution in [0.4, 0.5) is 0 Å². The van der Waals surface area contributed by atoms with Crippen molar-refractivity contribution in [2.75, 3.05) is 33.4 Å². The van der Waals surface area contributed by atoms with E-state index >= 15 is 0 Å². The second kappa shape index (κ2) is 12.5. The molecular formula is C29H40N4O4. The van der Waals surface area contributed by atoms with Crippen LogP contribution in [0, 0.1) is 0 Å². The monoisotopic (exact) mass is 508 g/mol. The predicted octanol–water partition coefficient (Wildman–Crippen LogP) is 5.65. The molecule has 200 valence electrons. The minimum atomic E-state index is -0.464. The molecule has 8 nitrogen and oxygen atoms in total. The SMILES string of the molecule is CCCC(CCC)n1nc(OC(C)C)c2c(-c3ccc(CN4CCOCC4)cc3)cc(C(=O)OC)nc21. The summed E-state index contributed by atoms with van der Waals surface area (Å²) in [6.07, 6.45) is 3.95. The van der Waals surface area contributed by atoms with Gasteiger partial charge in [0.1, 0.15) is 0 Å². The van der Waals surface area contributed by atoms with Crippen molar-refractivity contribution in [1.29, 1.82) is 0 Å². The maximum absolute atomic E-state index is 12.7. The molecule has 0 atom stereocenters. The first-order valence-corrected chi connectivity index (χ1v) is 13.5. The lowest BCUT2D eigenvalue weighted by atomic mass is 10.0. The minimum Gasteiger partial charge on any atom is -0.473 e. The maximum Gasteiger partial charge on any atom is 0.356 e. The van der Waals surface area contributed by atoms with E-state index in [9.17, 15) is 4.79 Å². The first kappa shape index (κ1) is 27.1. The molecule has 2 aromatic heterocycles. The highest BCUT2D eigenvalue weighted by Gasteiger charge is 2.25. The second-order valence-corrected chi connectivity index (χ2v) is 9.98. The average molecular weight is 509 g/mol. The molecule has 3 heterocycles. The Hall–Kier alpha value is -2.97. The fraction of sp³-hybridized carbons (Fsp3) is 0.552. The van der Waals surface area contributed by atoms with Crippen molar-refractivity contribution in [3.8, 4) is 17.0 Å². The van der Waals surface area contributed by atoms with Gasteiger partial charge in [-0.15, -0.1) is 5.10 Å². The number of rotatable bonds is 11. The van der Waals surface area contributed by atoms with Crippen LogP contribution in [0.15, 0.2) is 30.3 Å². The standard InChI is InChI=1S/C29H40N4O4/c1-6-8-23(9-7-2)33-27-26(28(31-33)37-20(3)4)24(18-25(30-27)29(34)35-5)22-12-10-21(11-13-22)19-32-14-16-36-17-15-32/h10-13,18,20,23H,6-9,14-17,19H2,1-5H3. The van der Waals surface area contributed by atoms with E-state index in [2.05, 4.69) is 43.0 Å². The van der Waals surface area contributed by atoms with Crippen molar-refractivity contribution in [2.45, 2.75) is 72.1 Å². The van der Waals surface area contributed by atoms with Gasteiger partial charge in [0, 0.05) is 25.2 Å². The Kier molecular flexibility index (Phi) is 9.16. The largest absolute Gasteiger partial charge is 0.473 e. The number of nitrogens with zero attached hydrogens (tertiary/aromatic N) is 4. The highest BCUT2D eigenvalue weighted by Crippen LogP contribution is 2.38. The van der Waals surface area contributed by atoms with E-state index in [1.165, 1.54) is 12.7 Å². The minimum absolute atomic E-state index is 0.0496. The fourth-order valence-corrected chi connectivity index (χ4v) is 4.96. The summed E-state index contributed by atoms with van der Waals surface area (Å²) in [5.74, 6) is 0.0900. The van der Waals surface area contributed by atoms with Crippen LogP contribution in [0.2, 0.25) is 0 Å². The topological polar surface area (TPSA) is 78.7 Å². The predicted molar refractivity (Wildman–Crippen MR) is 145 cm³/mol. The molecule has 37 heavy (non-hydrogen) atoms. The van der Waals surface area contributed by atoms with Crippen LogP contribution in [0.25, 0.3) is 22.2 Å². The summed E-state index contributed by atoms with van der Waals surface area (Å²) < 4.78 is 18.7. The Morgan fingerprint density at radius 1 is 1.08 bits per heavy atom. The first-order chi connectivity index (χ1) is 17.9. The van der Waals surface area contributed by atoms with Gasteiger partial charge in [-0.2, -0.15) is 0 Å². The van der Waals surface area contributed by atoms with E-state index in [0.717, 1.165) is 75.0 Å². The Bertz CT molecular complexity index is 1180. The van der Waals surface area contributed by atoms with Crippen molar-refractivity contribution in [1.82, 2.24) is 19.7 Å². The van der Waals surface area contributed by atoms with E-state index in [1.807, 2.05) is 18.5 Å². The van der Waals surface area contributed by atoms with Crippen molar-refractivity contribution in [3.05, 3.63) is 41.6 Å². The van der Waals surface area contributed by atoms with E-state index in [-0.39, 0.29) is 17.8 Å². The summed E-state index contributed by atoms with van der Waals surface area (Å²) in [6.45, 7) is 12.7. The number of carbonyl (C=O) groups is 1. The van der Waals surface area contributed by atoms with Gasteiger partial charge >= 0.3 is 5.97 Å². The van der Waals surface area contributed by atoms with Crippen molar-refractivity contribution in [2.24, 2.45) is 0 Å². The third kappa shape index (κ3) is 6.30. The second-order valence-electron chi connectivity index (χ2n) is 9.98. The van der Waals surface area contributed by atoms with E-state index in [1.54, 1.807) is 6.07 Å². The first-order valence-electron chi connectivity index (χ1n) is 13.5. The van der Waals surface area contributed by atoms with Gasteiger partial charge in [-0.05, 0) is 43.9 Å². The molecule has 1 aromatic carbocycles. The zero-order valence-electron chi connectivity index (χ0n) is 22.8. The number of pyridine rings is 1. The van der Waals surface area contributed by atoms with Gasteiger partial charge < -0.3 is 14.2 Å². The summed E-state index contributed by atoms with van der Waals surface area (Å²) in [5, 5.41) is 5.77. The molecule has 0 radical (unpaired) electrons. The van der Waals surface area contributed by atoms with E-state index in [4.69, 9.17) is 24.3 Å². The number of esters is 1. The molecule has 0 amide bonds. The smallest absolute Gasteiger partial charge is 0.356 e. The molecule has 3 aromatic rings. The van der Waals surface area contributed by atoms with Crippen LogP contribution in [-0.2, 0) is 16.0 Å². The molecule has 0 aliphatic carbocycles. The lowest BCUT2D eigenvalue weighted by Crippen LogP contribution is -2.35. The summed E-state index contributed by atoms with van der Waals surface area (Å²) in [7, 11) is 1.38. The van der Waals surface area contributed by atoms with Gasteiger partial charge in [0.05, 0.1) is 37.9 Å². The highest BCUT2D eigenvalue weighted by atomic mass is 16.5. The number of carbonyl (C=O) groups excluding carboxylic acids is 1. The van der Waals surface area contributed by atoms with Gasteiger partial charge in [0.15, 0.2) is 11.3 Å². The van der Waals surface area contributed by atoms with Crippen LogP contribution in [0.5, 0.6) is 5.88 Å². The molecule has 1 fully saturated rings. The van der Waals surface area contributed by atoms with Gasteiger partial charge in [0.25, 0.3) is 0 Å². The van der Waals surface area contributed by atoms with Crippen molar-refractivity contribution < 1.29 is 19.0 Å². The lowest BCUT2D eigenvalue weighted by Gasteiger charge is -2.26. The molecule has 0 unspecified atom stereocenters. The number of hydrogen-bond donors (Lipinski definition) is 0. The third-order valence-corrected chi connectivity index (χ3v) is 6.74. The number of hydrogen-bond acceptors (Lipinski definition) is 7. The fourth-order valence-electron chi connectivity index (χ4n) is 4.96. The normalized spacial score (nSPS) is 14.6. The molecular weight excluding hydrogens is 468 g/mol. The van der Waals surface area contributed by atoms with Gasteiger partial charge in [-0.1, -0.05) is 51.0 Å². The number of ether oxygens (including phenoxy) is 3. The Balaban J connectivity index is 1.84. The maximum atomic E-state index is 12.7. The molecule has 8 heteroatoms. The Morgan fingerprint density at radius 2 is 1.76 bits per heavy atom. The molecule has 0 N–H and O–H groups in total. The van der Waals surface area contributed by atoms with E-state index in [0.29, 0.717) is 11.5 Å². The number of morpholine rings is 1. The number of benzene rings is 1. The van der Waals surface area contributed by atoms with Crippen LogP contribution < -0.4 is 4.74 Å². The molecule has 1 aliphatic heterocycles. The molecule has 0 saturated carbocycles. The molecule has 0 bridgehead atoms. The molecule has 1 saturated heterocycles. The number of aromatic nitrogens is 3.